The Morgan fingerprint density at radius 2 is 1.85 bits per heavy atom. The number of aromatic nitrogens is 2. The number of nitrogen functional groups attached to an aromatic ring is 1. The summed E-state index contributed by atoms with van der Waals surface area (Å²) in [6.45, 7) is 2.03. The first-order valence-corrected chi connectivity index (χ1v) is 8.78. The highest BCUT2D eigenvalue weighted by atomic mass is 16.4. The molecule has 0 saturated heterocycles. The molecule has 2 aromatic heterocycles. The summed E-state index contributed by atoms with van der Waals surface area (Å²) in [7, 11) is 0. The molecule has 4 aromatic rings. The number of carbonyl (C=O) groups is 1. The minimum atomic E-state index is -0.911. The van der Waals surface area contributed by atoms with E-state index in [1.807, 2.05) is 31.2 Å². The van der Waals surface area contributed by atoms with E-state index < -0.39 is 5.97 Å². The molecule has 3 N–H and O–H groups in total. The zero-order valence-electron chi connectivity index (χ0n) is 14.9. The molecule has 0 aliphatic rings. The van der Waals surface area contributed by atoms with Crippen molar-refractivity contribution in [3.63, 3.8) is 0 Å². The van der Waals surface area contributed by atoms with Crippen LogP contribution in [-0.4, -0.2) is 21.0 Å². The zero-order chi connectivity index (χ0) is 19.0. The van der Waals surface area contributed by atoms with E-state index in [0.717, 1.165) is 51.3 Å². The molecule has 0 radical (unpaired) electrons. The number of hydrogen-bond acceptors (Lipinski definition) is 4. The van der Waals surface area contributed by atoms with Gasteiger partial charge in [0.05, 0.1) is 11.1 Å². The molecule has 0 unspecified atom stereocenters. The number of rotatable bonds is 4. The number of nitrogens with zero attached hydrogens (tertiary/aromatic N) is 2. The summed E-state index contributed by atoms with van der Waals surface area (Å²) in [5, 5.41) is 11.1. The first kappa shape index (κ1) is 17.0. The van der Waals surface area contributed by atoms with Gasteiger partial charge in [0.15, 0.2) is 5.82 Å². The van der Waals surface area contributed by atoms with E-state index >= 15 is 0 Å². The maximum absolute atomic E-state index is 11.0. The van der Waals surface area contributed by atoms with Crippen LogP contribution in [0.4, 0.5) is 5.82 Å². The number of carboxylic acid groups (broad SMARTS) is 1. The summed E-state index contributed by atoms with van der Waals surface area (Å²) in [5.74, 6) is -0.470. The van der Waals surface area contributed by atoms with Gasteiger partial charge in [-0.3, -0.25) is 4.98 Å². The monoisotopic (exact) mass is 357 g/mol. The number of anilines is 1. The van der Waals surface area contributed by atoms with E-state index in [0.29, 0.717) is 11.4 Å². The smallest absolute Gasteiger partial charge is 0.335 e. The summed E-state index contributed by atoms with van der Waals surface area (Å²) >= 11 is 0. The number of hydrogen-bond donors (Lipinski definition) is 2. The second-order valence-electron chi connectivity index (χ2n) is 6.71. The van der Waals surface area contributed by atoms with Crippen molar-refractivity contribution in [2.45, 2.75) is 19.8 Å². The van der Waals surface area contributed by atoms with Crippen molar-refractivity contribution in [1.29, 1.82) is 0 Å². The molecule has 0 fully saturated rings. The average Bonchev–Trinajstić information content (AvgIpc) is 2.66. The summed E-state index contributed by atoms with van der Waals surface area (Å²) in [6, 6.07) is 15.2. The van der Waals surface area contributed by atoms with Crippen LogP contribution in [0.25, 0.3) is 21.8 Å². The van der Waals surface area contributed by atoms with Crippen LogP contribution >= 0.6 is 0 Å². The lowest BCUT2D eigenvalue weighted by molar-refractivity contribution is 0.0697. The van der Waals surface area contributed by atoms with Gasteiger partial charge in [-0.1, -0.05) is 24.3 Å². The largest absolute Gasteiger partial charge is 0.478 e. The van der Waals surface area contributed by atoms with Crippen molar-refractivity contribution in [2.75, 3.05) is 5.73 Å². The highest BCUT2D eigenvalue weighted by molar-refractivity contribution is 6.09. The number of fused-ring (bicyclic) bond motifs is 3. The fourth-order valence-electron chi connectivity index (χ4n) is 3.43. The number of carboxylic acids is 1. The SMILES string of the molecule is Cc1ccc2c(c1)nc(N)c1nccc(CCc3ccc(C(=O)O)cc3)c12. The van der Waals surface area contributed by atoms with Crippen molar-refractivity contribution in [3.8, 4) is 0 Å². The highest BCUT2D eigenvalue weighted by Gasteiger charge is 2.12. The lowest BCUT2D eigenvalue weighted by atomic mass is 9.98. The maximum Gasteiger partial charge on any atom is 0.335 e. The lowest BCUT2D eigenvalue weighted by Crippen LogP contribution is -2.00. The summed E-state index contributed by atoms with van der Waals surface area (Å²) in [6.07, 6.45) is 3.37. The van der Waals surface area contributed by atoms with Crippen LogP contribution < -0.4 is 5.73 Å². The van der Waals surface area contributed by atoms with Gasteiger partial charge in [0.2, 0.25) is 0 Å². The Balaban J connectivity index is 1.75. The molecule has 0 saturated carbocycles. The van der Waals surface area contributed by atoms with E-state index in [9.17, 15) is 4.79 Å². The van der Waals surface area contributed by atoms with Crippen molar-refractivity contribution in [1.82, 2.24) is 9.97 Å². The Bertz CT molecular complexity index is 1170. The number of benzene rings is 2. The van der Waals surface area contributed by atoms with Crippen molar-refractivity contribution in [3.05, 3.63) is 77.0 Å². The zero-order valence-corrected chi connectivity index (χ0v) is 14.9. The molecular weight excluding hydrogens is 338 g/mol. The second kappa shape index (κ2) is 6.68. The third kappa shape index (κ3) is 3.19. The molecule has 2 heterocycles. The predicted molar refractivity (Wildman–Crippen MR) is 107 cm³/mol. The third-order valence-electron chi connectivity index (χ3n) is 4.83. The van der Waals surface area contributed by atoms with E-state index in [1.165, 1.54) is 0 Å². The van der Waals surface area contributed by atoms with Gasteiger partial charge >= 0.3 is 5.97 Å². The Kier molecular flexibility index (Phi) is 4.20. The van der Waals surface area contributed by atoms with E-state index in [4.69, 9.17) is 10.8 Å². The predicted octanol–water partition coefficient (Wildman–Crippen LogP) is 4.16. The highest BCUT2D eigenvalue weighted by Crippen LogP contribution is 2.30. The molecule has 5 heteroatoms. The van der Waals surface area contributed by atoms with Gasteiger partial charge in [-0.25, -0.2) is 9.78 Å². The molecule has 0 bridgehead atoms. The van der Waals surface area contributed by atoms with Crippen LogP contribution in [0, 0.1) is 6.92 Å². The molecule has 5 nitrogen and oxygen atoms in total. The Morgan fingerprint density at radius 1 is 1.07 bits per heavy atom. The van der Waals surface area contributed by atoms with Gasteiger partial charge in [0.25, 0.3) is 0 Å². The third-order valence-corrected chi connectivity index (χ3v) is 4.83. The van der Waals surface area contributed by atoms with Crippen LogP contribution in [-0.2, 0) is 12.8 Å². The standard InChI is InChI=1S/C22H19N3O2/c1-13-2-9-17-18(12-13)25-21(23)20-19(17)15(10-11-24-20)6-3-14-4-7-16(8-5-14)22(26)27/h2,4-5,7-12H,3,6H2,1H3,(H2,23,25)(H,26,27). The molecule has 0 aliphatic heterocycles. The minimum absolute atomic E-state index is 0.299. The van der Waals surface area contributed by atoms with Crippen LogP contribution in [0.5, 0.6) is 0 Å². The van der Waals surface area contributed by atoms with E-state index in [-0.39, 0.29) is 0 Å². The Labute approximate surface area is 156 Å². The van der Waals surface area contributed by atoms with Crippen molar-refractivity contribution >= 4 is 33.6 Å². The van der Waals surface area contributed by atoms with E-state index in [1.54, 1.807) is 18.3 Å². The van der Waals surface area contributed by atoms with Gasteiger partial charge in [-0.05, 0) is 60.7 Å². The number of pyridine rings is 2. The number of aryl methyl sites for hydroxylation is 3. The van der Waals surface area contributed by atoms with Gasteiger partial charge in [0.1, 0.15) is 5.52 Å². The molecule has 0 spiro atoms. The van der Waals surface area contributed by atoms with Crippen molar-refractivity contribution in [2.24, 2.45) is 0 Å². The van der Waals surface area contributed by atoms with Gasteiger partial charge < -0.3 is 10.8 Å². The normalized spacial score (nSPS) is 11.1. The molecule has 0 atom stereocenters. The minimum Gasteiger partial charge on any atom is -0.478 e. The van der Waals surface area contributed by atoms with Crippen LogP contribution in [0.3, 0.4) is 0 Å². The number of aromatic carboxylic acids is 1. The average molecular weight is 357 g/mol. The van der Waals surface area contributed by atoms with E-state index in [2.05, 4.69) is 22.1 Å². The summed E-state index contributed by atoms with van der Waals surface area (Å²) in [4.78, 5) is 20.0. The second-order valence-corrected chi connectivity index (χ2v) is 6.71. The van der Waals surface area contributed by atoms with Gasteiger partial charge in [0, 0.05) is 17.0 Å². The quantitative estimate of drug-likeness (QED) is 0.535. The van der Waals surface area contributed by atoms with Gasteiger partial charge in [-0.15, -0.1) is 0 Å². The lowest BCUT2D eigenvalue weighted by Gasteiger charge is -2.11. The Morgan fingerprint density at radius 3 is 2.59 bits per heavy atom. The molecule has 27 heavy (non-hydrogen) atoms. The summed E-state index contributed by atoms with van der Waals surface area (Å²) in [5.41, 5.74) is 11.5. The van der Waals surface area contributed by atoms with Crippen LogP contribution in [0.15, 0.2) is 54.7 Å². The van der Waals surface area contributed by atoms with Gasteiger partial charge in [-0.2, -0.15) is 0 Å². The van der Waals surface area contributed by atoms with Crippen LogP contribution in [0.2, 0.25) is 0 Å². The molecule has 2 aromatic carbocycles. The maximum atomic E-state index is 11.0. The molecule has 0 aliphatic carbocycles. The molecular formula is C22H19N3O2. The molecule has 0 amide bonds. The first-order valence-electron chi connectivity index (χ1n) is 8.78. The fraction of sp³-hybridized carbons (Fsp3) is 0.136. The molecule has 4 rings (SSSR count). The Hall–Kier alpha value is -3.47. The first-order chi connectivity index (χ1) is 13.0. The molecule has 134 valence electrons. The topological polar surface area (TPSA) is 89.1 Å². The number of nitrogens with two attached hydrogens (primary N) is 1. The van der Waals surface area contributed by atoms with Crippen LogP contribution in [0.1, 0.15) is 27.0 Å². The fourth-order valence-corrected chi connectivity index (χ4v) is 3.43. The summed E-state index contributed by atoms with van der Waals surface area (Å²) < 4.78 is 0. The van der Waals surface area contributed by atoms with Crippen molar-refractivity contribution < 1.29 is 9.90 Å².